The van der Waals surface area contributed by atoms with E-state index in [2.05, 4.69) is 5.32 Å². The normalized spacial score (nSPS) is 27.4. The Kier molecular flexibility index (Phi) is 4.53. The molecule has 1 fully saturated rings. The molecular weight excluding hydrogens is 240 g/mol. The first-order chi connectivity index (χ1) is 8.24. The number of carbonyl (C=O) groups is 2. The Hall–Kier alpha value is -1.34. The van der Waals surface area contributed by atoms with Gasteiger partial charge in [-0.15, -0.1) is 0 Å². The molecule has 2 amide bonds. The van der Waals surface area contributed by atoms with Crippen molar-refractivity contribution in [2.45, 2.75) is 38.5 Å². The molecule has 0 bridgehead atoms. The molecule has 1 saturated heterocycles. The smallest absolute Gasteiger partial charge is 0.337 e. The fourth-order valence-corrected chi connectivity index (χ4v) is 1.61. The van der Waals surface area contributed by atoms with Gasteiger partial charge in [0.15, 0.2) is 5.60 Å². The van der Waals surface area contributed by atoms with Crippen molar-refractivity contribution in [2.24, 2.45) is 0 Å². The van der Waals surface area contributed by atoms with Crippen molar-refractivity contribution in [1.82, 2.24) is 10.2 Å². The number of amides is 2. The molecule has 0 aromatic heterocycles. The van der Waals surface area contributed by atoms with Crippen LogP contribution in [-0.4, -0.2) is 64.6 Å². The number of morpholine rings is 1. The van der Waals surface area contributed by atoms with Gasteiger partial charge in [-0.25, -0.2) is 9.59 Å². The van der Waals surface area contributed by atoms with Gasteiger partial charge in [0, 0.05) is 6.54 Å². The lowest BCUT2D eigenvalue weighted by Gasteiger charge is -2.37. The van der Waals surface area contributed by atoms with E-state index in [0.29, 0.717) is 13.2 Å². The summed E-state index contributed by atoms with van der Waals surface area (Å²) in [6.07, 6.45) is -0.0491. The summed E-state index contributed by atoms with van der Waals surface area (Å²) in [7, 11) is 0. The van der Waals surface area contributed by atoms with Crippen LogP contribution in [0.4, 0.5) is 4.79 Å². The predicted octanol–water partition coefficient (Wildman–Crippen LogP) is -0.359. The summed E-state index contributed by atoms with van der Waals surface area (Å²) in [5.41, 5.74) is -1.96. The number of nitrogens with one attached hydrogen (secondary N) is 1. The lowest BCUT2D eigenvalue weighted by Crippen LogP contribution is -2.56. The van der Waals surface area contributed by atoms with Gasteiger partial charge in [0.1, 0.15) is 0 Å². The zero-order chi connectivity index (χ0) is 13.9. The third kappa shape index (κ3) is 3.58. The third-order valence-electron chi connectivity index (χ3n) is 2.91. The SMILES string of the molecule is CC1CN(C(=O)NCC(C)(O)C(=O)O)C(C)CO1. The van der Waals surface area contributed by atoms with Crippen molar-refractivity contribution < 1.29 is 24.5 Å². The molecule has 1 aliphatic rings. The molecular formula is C11H20N2O5. The minimum atomic E-state index is -1.96. The number of hydrogen-bond donors (Lipinski definition) is 3. The Balaban J connectivity index is 2.52. The van der Waals surface area contributed by atoms with Gasteiger partial charge in [-0.3, -0.25) is 0 Å². The molecule has 0 spiro atoms. The van der Waals surface area contributed by atoms with Gasteiger partial charge >= 0.3 is 12.0 Å². The molecule has 18 heavy (non-hydrogen) atoms. The number of carboxylic acid groups (broad SMARTS) is 1. The molecule has 7 nitrogen and oxygen atoms in total. The van der Waals surface area contributed by atoms with Gasteiger partial charge in [-0.1, -0.05) is 0 Å². The molecule has 1 aliphatic heterocycles. The highest BCUT2D eigenvalue weighted by molar-refractivity contribution is 5.79. The molecule has 0 aromatic carbocycles. The van der Waals surface area contributed by atoms with E-state index < -0.39 is 11.6 Å². The highest BCUT2D eigenvalue weighted by Gasteiger charge is 2.33. The van der Waals surface area contributed by atoms with Gasteiger partial charge in [-0.2, -0.15) is 0 Å². The van der Waals surface area contributed by atoms with Crippen LogP contribution in [0.15, 0.2) is 0 Å². The average Bonchev–Trinajstić information content (AvgIpc) is 2.29. The Morgan fingerprint density at radius 2 is 2.11 bits per heavy atom. The third-order valence-corrected chi connectivity index (χ3v) is 2.91. The van der Waals surface area contributed by atoms with Crippen LogP contribution < -0.4 is 5.32 Å². The molecule has 3 atom stereocenters. The maximum Gasteiger partial charge on any atom is 0.337 e. The van der Waals surface area contributed by atoms with Crippen molar-refractivity contribution in [2.75, 3.05) is 19.7 Å². The number of urea groups is 1. The maximum atomic E-state index is 11.9. The first-order valence-corrected chi connectivity index (χ1v) is 5.86. The van der Waals surface area contributed by atoms with Gasteiger partial charge in [0.25, 0.3) is 0 Å². The van der Waals surface area contributed by atoms with Gasteiger partial charge in [-0.05, 0) is 20.8 Å². The zero-order valence-electron chi connectivity index (χ0n) is 10.8. The second kappa shape index (κ2) is 5.53. The molecule has 0 aliphatic carbocycles. The van der Waals surface area contributed by atoms with Crippen LogP contribution in [0, 0.1) is 0 Å². The topological polar surface area (TPSA) is 99.1 Å². The summed E-state index contributed by atoms with van der Waals surface area (Å²) in [5.74, 6) is -1.37. The summed E-state index contributed by atoms with van der Waals surface area (Å²) in [4.78, 5) is 24.1. The number of aliphatic carboxylic acids is 1. The average molecular weight is 260 g/mol. The van der Waals surface area contributed by atoms with E-state index in [-0.39, 0.29) is 24.7 Å². The molecule has 3 N–H and O–H groups in total. The van der Waals surface area contributed by atoms with E-state index in [9.17, 15) is 14.7 Å². The number of carboxylic acids is 1. The molecule has 3 unspecified atom stereocenters. The van der Waals surface area contributed by atoms with Crippen LogP contribution >= 0.6 is 0 Å². The molecule has 0 aromatic rings. The molecule has 0 saturated carbocycles. The van der Waals surface area contributed by atoms with Crippen LogP contribution in [0.3, 0.4) is 0 Å². The van der Waals surface area contributed by atoms with Crippen molar-refractivity contribution in [1.29, 1.82) is 0 Å². The molecule has 104 valence electrons. The maximum absolute atomic E-state index is 11.9. The Morgan fingerprint density at radius 1 is 1.50 bits per heavy atom. The van der Waals surface area contributed by atoms with Crippen molar-refractivity contribution in [3.63, 3.8) is 0 Å². The van der Waals surface area contributed by atoms with Crippen LogP contribution in [0.5, 0.6) is 0 Å². The number of nitrogens with zero attached hydrogens (tertiary/aromatic N) is 1. The van der Waals surface area contributed by atoms with E-state index in [0.717, 1.165) is 6.92 Å². The number of aliphatic hydroxyl groups is 1. The number of carbonyl (C=O) groups excluding carboxylic acids is 1. The first-order valence-electron chi connectivity index (χ1n) is 5.86. The Labute approximate surface area is 106 Å². The van der Waals surface area contributed by atoms with Crippen molar-refractivity contribution in [3.8, 4) is 0 Å². The fraction of sp³-hybridized carbons (Fsp3) is 0.818. The summed E-state index contributed by atoms with van der Waals surface area (Å²) >= 11 is 0. The molecule has 7 heteroatoms. The second-order valence-corrected chi connectivity index (χ2v) is 4.88. The van der Waals surface area contributed by atoms with Crippen LogP contribution in [0.1, 0.15) is 20.8 Å². The largest absolute Gasteiger partial charge is 0.479 e. The summed E-state index contributed by atoms with van der Waals surface area (Å²) < 4.78 is 5.39. The second-order valence-electron chi connectivity index (χ2n) is 4.88. The fourth-order valence-electron chi connectivity index (χ4n) is 1.61. The highest BCUT2D eigenvalue weighted by Crippen LogP contribution is 2.11. The molecule has 1 rings (SSSR count). The number of ether oxygens (including phenoxy) is 1. The quantitative estimate of drug-likeness (QED) is 0.643. The first kappa shape index (κ1) is 14.7. The monoisotopic (exact) mass is 260 g/mol. The lowest BCUT2D eigenvalue weighted by molar-refractivity contribution is -0.155. The van der Waals surface area contributed by atoms with Crippen molar-refractivity contribution in [3.05, 3.63) is 0 Å². The highest BCUT2D eigenvalue weighted by atomic mass is 16.5. The van der Waals surface area contributed by atoms with Gasteiger partial charge in [0.2, 0.25) is 0 Å². The number of hydrogen-bond acceptors (Lipinski definition) is 4. The van der Waals surface area contributed by atoms with E-state index in [1.807, 2.05) is 13.8 Å². The van der Waals surface area contributed by atoms with Crippen molar-refractivity contribution >= 4 is 12.0 Å². The minimum Gasteiger partial charge on any atom is -0.479 e. The number of rotatable bonds is 3. The minimum absolute atomic E-state index is 0.0491. The molecule has 0 radical (unpaired) electrons. The van der Waals surface area contributed by atoms with Gasteiger partial charge in [0.05, 0.1) is 25.3 Å². The summed E-state index contributed by atoms with van der Waals surface area (Å²) in [5, 5.41) is 20.6. The summed E-state index contributed by atoms with van der Waals surface area (Å²) in [6.45, 7) is 5.41. The molecule has 1 heterocycles. The van der Waals surface area contributed by atoms with Gasteiger partial charge < -0.3 is 25.2 Å². The zero-order valence-corrected chi connectivity index (χ0v) is 10.8. The van der Waals surface area contributed by atoms with E-state index in [1.165, 1.54) is 0 Å². The summed E-state index contributed by atoms with van der Waals surface area (Å²) in [6, 6.07) is -0.463. The lowest BCUT2D eigenvalue weighted by atomic mass is 10.1. The standard InChI is InChI=1S/C11H20N2O5/c1-7-5-18-8(2)4-13(7)10(16)12-6-11(3,17)9(14)15/h7-8,17H,4-6H2,1-3H3,(H,12,16)(H,14,15). The van der Waals surface area contributed by atoms with Crippen LogP contribution in [0.2, 0.25) is 0 Å². The van der Waals surface area contributed by atoms with E-state index in [4.69, 9.17) is 9.84 Å². The predicted molar refractivity (Wildman–Crippen MR) is 63.2 cm³/mol. The van der Waals surface area contributed by atoms with E-state index >= 15 is 0 Å². The van der Waals surface area contributed by atoms with E-state index in [1.54, 1.807) is 4.90 Å². The van der Waals surface area contributed by atoms with Crippen LogP contribution in [-0.2, 0) is 9.53 Å². The van der Waals surface area contributed by atoms with Crippen LogP contribution in [0.25, 0.3) is 0 Å². The Morgan fingerprint density at radius 3 is 2.67 bits per heavy atom. The Bertz CT molecular complexity index is 331.